The second-order valence-corrected chi connectivity index (χ2v) is 6.49. The number of carboxylic acids is 1. The lowest BCUT2D eigenvalue weighted by molar-refractivity contribution is -0.385. The number of nitrogens with one attached hydrogen (secondary N) is 1. The van der Waals surface area contributed by atoms with E-state index in [1.54, 1.807) is 0 Å². The molecular formula is C13H18N2O6S. The number of nitro benzene ring substituents is 1. The molecule has 22 heavy (non-hydrogen) atoms. The number of rotatable bonds is 8. The van der Waals surface area contributed by atoms with Gasteiger partial charge in [-0.25, -0.2) is 8.42 Å². The number of aliphatic carboxylic acids is 1. The Balaban J connectivity index is 3.16. The van der Waals surface area contributed by atoms with Crippen LogP contribution in [0.1, 0.15) is 31.7 Å². The van der Waals surface area contributed by atoms with E-state index in [9.17, 15) is 23.3 Å². The van der Waals surface area contributed by atoms with Gasteiger partial charge in [0, 0.05) is 11.6 Å². The largest absolute Gasteiger partial charge is 0.480 e. The van der Waals surface area contributed by atoms with Crippen molar-refractivity contribution in [1.82, 2.24) is 4.72 Å². The Kier molecular flexibility index (Phi) is 6.01. The molecule has 0 fully saturated rings. The second kappa shape index (κ2) is 7.32. The third-order valence-electron chi connectivity index (χ3n) is 3.18. The van der Waals surface area contributed by atoms with Crippen LogP contribution < -0.4 is 4.72 Å². The summed E-state index contributed by atoms with van der Waals surface area (Å²) in [5.41, 5.74) is -0.358. The van der Waals surface area contributed by atoms with Crippen LogP contribution in [-0.4, -0.2) is 30.5 Å². The van der Waals surface area contributed by atoms with Crippen LogP contribution in [0, 0.1) is 17.0 Å². The molecule has 0 aliphatic carbocycles. The molecule has 1 unspecified atom stereocenters. The van der Waals surface area contributed by atoms with E-state index < -0.39 is 27.0 Å². The molecule has 0 saturated carbocycles. The number of benzene rings is 1. The van der Waals surface area contributed by atoms with Gasteiger partial charge in [-0.3, -0.25) is 14.9 Å². The Morgan fingerprint density at radius 3 is 2.59 bits per heavy atom. The lowest BCUT2D eigenvalue weighted by Crippen LogP contribution is -2.40. The molecule has 8 nitrogen and oxygen atoms in total. The standard InChI is InChI=1S/C13H18N2O6S/c1-3-4-6-10(13(16)17)14-22(20,21)12-8-5-7-11(9(12)2)15(18)19/h5,7-8,10,14H,3-4,6H2,1-2H3,(H,16,17). The van der Waals surface area contributed by atoms with Crippen molar-refractivity contribution in [2.75, 3.05) is 0 Å². The fraction of sp³-hybridized carbons (Fsp3) is 0.462. The van der Waals surface area contributed by atoms with Crippen LogP contribution >= 0.6 is 0 Å². The van der Waals surface area contributed by atoms with Crippen molar-refractivity contribution in [3.8, 4) is 0 Å². The van der Waals surface area contributed by atoms with Crippen molar-refractivity contribution in [3.05, 3.63) is 33.9 Å². The number of nitro groups is 1. The Bertz CT molecular complexity index is 671. The molecule has 1 aromatic carbocycles. The quantitative estimate of drug-likeness (QED) is 0.553. The molecule has 0 heterocycles. The van der Waals surface area contributed by atoms with E-state index in [0.29, 0.717) is 6.42 Å². The Morgan fingerprint density at radius 1 is 1.45 bits per heavy atom. The number of unbranched alkanes of at least 4 members (excludes halogenated alkanes) is 1. The third kappa shape index (κ3) is 4.25. The zero-order valence-corrected chi connectivity index (χ0v) is 13.1. The lowest BCUT2D eigenvalue weighted by Gasteiger charge is -2.15. The first-order chi connectivity index (χ1) is 10.2. The monoisotopic (exact) mass is 330 g/mol. The molecule has 122 valence electrons. The summed E-state index contributed by atoms with van der Waals surface area (Å²) in [5.74, 6) is -1.28. The summed E-state index contributed by atoms with van der Waals surface area (Å²) >= 11 is 0. The first-order valence-electron chi connectivity index (χ1n) is 6.69. The van der Waals surface area contributed by atoms with Gasteiger partial charge in [0.25, 0.3) is 5.69 Å². The molecule has 1 aromatic rings. The fourth-order valence-corrected chi connectivity index (χ4v) is 3.47. The van der Waals surface area contributed by atoms with Gasteiger partial charge in [-0.15, -0.1) is 0 Å². The number of hydrogen-bond acceptors (Lipinski definition) is 5. The van der Waals surface area contributed by atoms with Crippen LogP contribution in [0.25, 0.3) is 0 Å². The van der Waals surface area contributed by atoms with Gasteiger partial charge in [0.15, 0.2) is 0 Å². The predicted octanol–water partition coefficient (Wildman–Crippen LogP) is 1.82. The Morgan fingerprint density at radius 2 is 2.09 bits per heavy atom. The van der Waals surface area contributed by atoms with E-state index in [4.69, 9.17) is 5.11 Å². The predicted molar refractivity (Wildman–Crippen MR) is 79.1 cm³/mol. The molecule has 0 saturated heterocycles. The van der Waals surface area contributed by atoms with Gasteiger partial charge in [-0.2, -0.15) is 4.72 Å². The number of sulfonamides is 1. The Labute approximate surface area is 128 Å². The van der Waals surface area contributed by atoms with Crippen molar-refractivity contribution in [2.45, 2.75) is 44.0 Å². The van der Waals surface area contributed by atoms with Gasteiger partial charge in [0.05, 0.1) is 9.82 Å². The highest BCUT2D eigenvalue weighted by atomic mass is 32.2. The molecule has 0 radical (unpaired) electrons. The van der Waals surface area contributed by atoms with Crippen molar-refractivity contribution >= 4 is 21.7 Å². The maximum Gasteiger partial charge on any atom is 0.321 e. The fourth-order valence-electron chi connectivity index (χ4n) is 1.98. The maximum atomic E-state index is 12.3. The van der Waals surface area contributed by atoms with Crippen molar-refractivity contribution in [2.24, 2.45) is 0 Å². The molecule has 0 amide bonds. The maximum absolute atomic E-state index is 12.3. The summed E-state index contributed by atoms with van der Waals surface area (Å²) < 4.78 is 26.7. The minimum atomic E-state index is -4.16. The number of hydrogen-bond donors (Lipinski definition) is 2. The van der Waals surface area contributed by atoms with Gasteiger partial charge in [0.1, 0.15) is 6.04 Å². The van der Waals surface area contributed by atoms with Crippen LogP contribution in [0.5, 0.6) is 0 Å². The minimum Gasteiger partial charge on any atom is -0.480 e. The number of nitrogens with zero attached hydrogens (tertiary/aromatic N) is 1. The average Bonchev–Trinajstić information content (AvgIpc) is 2.42. The topological polar surface area (TPSA) is 127 Å². The SMILES string of the molecule is CCCCC(NS(=O)(=O)c1cccc([N+](=O)[O-])c1C)C(=O)O. The molecule has 0 bridgehead atoms. The Hall–Kier alpha value is -2.00. The third-order valence-corrected chi connectivity index (χ3v) is 4.80. The molecule has 2 N–H and O–H groups in total. The van der Waals surface area contributed by atoms with Crippen LogP contribution in [0.15, 0.2) is 23.1 Å². The number of carboxylic acid groups (broad SMARTS) is 1. The summed E-state index contributed by atoms with van der Waals surface area (Å²) in [6.45, 7) is 3.17. The van der Waals surface area contributed by atoms with E-state index in [1.165, 1.54) is 25.1 Å². The first-order valence-corrected chi connectivity index (χ1v) is 8.18. The van der Waals surface area contributed by atoms with Gasteiger partial charge in [-0.05, 0) is 19.4 Å². The average molecular weight is 330 g/mol. The molecule has 9 heteroatoms. The van der Waals surface area contributed by atoms with E-state index in [2.05, 4.69) is 4.72 Å². The summed E-state index contributed by atoms with van der Waals surface area (Å²) in [7, 11) is -4.16. The number of carbonyl (C=O) groups is 1. The zero-order chi connectivity index (χ0) is 16.9. The summed E-state index contributed by atoms with van der Waals surface area (Å²) in [4.78, 5) is 21.0. The van der Waals surface area contributed by atoms with Crippen LogP contribution in [0.4, 0.5) is 5.69 Å². The van der Waals surface area contributed by atoms with Gasteiger partial charge in [-0.1, -0.05) is 25.8 Å². The van der Waals surface area contributed by atoms with Crippen LogP contribution in [-0.2, 0) is 14.8 Å². The van der Waals surface area contributed by atoms with Gasteiger partial charge >= 0.3 is 5.97 Å². The van der Waals surface area contributed by atoms with E-state index >= 15 is 0 Å². The molecule has 1 rings (SSSR count). The lowest BCUT2D eigenvalue weighted by atomic mass is 10.1. The molecule has 0 aromatic heterocycles. The second-order valence-electron chi connectivity index (χ2n) is 4.81. The highest BCUT2D eigenvalue weighted by Gasteiger charge is 2.28. The molecule has 0 aliphatic rings. The van der Waals surface area contributed by atoms with Gasteiger partial charge < -0.3 is 5.11 Å². The van der Waals surface area contributed by atoms with Crippen molar-refractivity contribution in [1.29, 1.82) is 0 Å². The minimum absolute atomic E-state index is 0.0281. The highest BCUT2D eigenvalue weighted by molar-refractivity contribution is 7.89. The zero-order valence-electron chi connectivity index (χ0n) is 12.3. The van der Waals surface area contributed by atoms with E-state index in [1.807, 2.05) is 6.92 Å². The molecule has 1 atom stereocenters. The van der Waals surface area contributed by atoms with Gasteiger partial charge in [0.2, 0.25) is 10.0 Å². The first kappa shape index (κ1) is 18.1. The van der Waals surface area contributed by atoms with Crippen molar-refractivity contribution < 1.29 is 23.2 Å². The van der Waals surface area contributed by atoms with Crippen LogP contribution in [0.2, 0.25) is 0 Å². The summed E-state index contributed by atoms with van der Waals surface area (Å²) in [6, 6.07) is 2.40. The van der Waals surface area contributed by atoms with E-state index in [0.717, 1.165) is 6.42 Å². The van der Waals surface area contributed by atoms with Crippen molar-refractivity contribution in [3.63, 3.8) is 0 Å². The smallest absolute Gasteiger partial charge is 0.321 e. The normalized spacial score (nSPS) is 12.8. The highest BCUT2D eigenvalue weighted by Crippen LogP contribution is 2.25. The van der Waals surface area contributed by atoms with Crippen LogP contribution in [0.3, 0.4) is 0 Å². The van der Waals surface area contributed by atoms with E-state index in [-0.39, 0.29) is 22.6 Å². The molecule has 0 aliphatic heterocycles. The summed E-state index contributed by atoms with van der Waals surface area (Å²) in [5, 5.41) is 20.0. The summed E-state index contributed by atoms with van der Waals surface area (Å²) in [6.07, 6.45) is 1.42. The molecule has 0 spiro atoms. The molecular weight excluding hydrogens is 312 g/mol.